The lowest BCUT2D eigenvalue weighted by molar-refractivity contribution is 0.202. The summed E-state index contributed by atoms with van der Waals surface area (Å²) in [7, 11) is 0. The van der Waals surface area contributed by atoms with Gasteiger partial charge in [-0.25, -0.2) is 9.97 Å². The molecular weight excluding hydrogens is 421 g/mol. The van der Waals surface area contributed by atoms with E-state index in [1.54, 1.807) is 25.3 Å². The highest BCUT2D eigenvalue weighted by atomic mass is 35.5. The van der Waals surface area contributed by atoms with Gasteiger partial charge < -0.3 is 0 Å². The number of hydrogen-bond donors (Lipinski definition) is 0. The molecule has 0 bridgehead atoms. The van der Waals surface area contributed by atoms with Gasteiger partial charge in [-0.1, -0.05) is 54.1 Å². The maximum absolute atomic E-state index is 6.15. The average molecular weight is 444 g/mol. The summed E-state index contributed by atoms with van der Waals surface area (Å²) in [5.41, 5.74) is 2.42. The highest BCUT2D eigenvalue weighted by molar-refractivity contribution is 6.30. The van der Waals surface area contributed by atoms with Crippen LogP contribution in [-0.4, -0.2) is 47.5 Å². The van der Waals surface area contributed by atoms with E-state index in [-0.39, 0.29) is 18.4 Å². The summed E-state index contributed by atoms with van der Waals surface area (Å²) in [6, 6.07) is 18.7. The summed E-state index contributed by atoms with van der Waals surface area (Å²) in [6.45, 7) is 3.10. The molecule has 30 heavy (non-hydrogen) atoms. The zero-order valence-electron chi connectivity index (χ0n) is 16.3. The van der Waals surface area contributed by atoms with Crippen molar-refractivity contribution >= 4 is 24.0 Å². The number of benzene rings is 2. The molecule has 1 atom stereocenters. The Labute approximate surface area is 186 Å². The third-order valence-electron chi connectivity index (χ3n) is 4.83. The Balaban J connectivity index is 0.00000256. The van der Waals surface area contributed by atoms with Crippen LogP contribution < -0.4 is 0 Å². The molecule has 4 aromatic rings. The van der Waals surface area contributed by atoms with Gasteiger partial charge in [0.15, 0.2) is 0 Å². The lowest BCUT2D eigenvalue weighted by Crippen LogP contribution is -2.35. The van der Waals surface area contributed by atoms with Crippen molar-refractivity contribution < 1.29 is 0 Å². The zero-order chi connectivity index (χ0) is 19.9. The number of hydrogen-bond acceptors (Lipinski definition) is 5. The Hall–Kier alpha value is -2.74. The van der Waals surface area contributed by atoms with E-state index in [0.29, 0.717) is 0 Å². The summed E-state index contributed by atoms with van der Waals surface area (Å²) in [5.74, 6) is 0. The fourth-order valence-corrected chi connectivity index (χ4v) is 3.55. The number of rotatable bonds is 9. The standard InChI is InChI=1S/C21H22ClN7.ClH/c22-20-8-6-19(7-9-20)21(18-4-2-1-3-5-18)27(10-12-28-16-23-14-25-28)11-13-29-17-24-15-26-29;/h1-9,14-17,21H,10-13H2;1H. The topological polar surface area (TPSA) is 64.7 Å². The second-order valence-corrected chi connectivity index (χ2v) is 7.15. The van der Waals surface area contributed by atoms with Crippen LogP contribution in [0.25, 0.3) is 0 Å². The monoisotopic (exact) mass is 443 g/mol. The van der Waals surface area contributed by atoms with E-state index in [1.165, 1.54) is 11.1 Å². The minimum Gasteiger partial charge on any atom is -0.289 e. The van der Waals surface area contributed by atoms with Gasteiger partial charge in [-0.15, -0.1) is 12.4 Å². The Morgan fingerprint density at radius 3 is 1.80 bits per heavy atom. The van der Waals surface area contributed by atoms with Crippen LogP contribution in [0.5, 0.6) is 0 Å². The van der Waals surface area contributed by atoms with Gasteiger partial charge in [-0.05, 0) is 23.3 Å². The molecule has 0 aliphatic rings. The second kappa shape index (κ2) is 10.9. The molecule has 0 aliphatic heterocycles. The van der Waals surface area contributed by atoms with Gasteiger partial charge in [0.05, 0.1) is 19.1 Å². The van der Waals surface area contributed by atoms with Crippen LogP contribution in [0.4, 0.5) is 0 Å². The number of halogens is 2. The van der Waals surface area contributed by atoms with Gasteiger partial charge >= 0.3 is 0 Å². The van der Waals surface area contributed by atoms with E-state index in [4.69, 9.17) is 11.6 Å². The smallest absolute Gasteiger partial charge is 0.137 e. The predicted molar refractivity (Wildman–Crippen MR) is 119 cm³/mol. The van der Waals surface area contributed by atoms with E-state index in [0.717, 1.165) is 31.2 Å². The van der Waals surface area contributed by atoms with E-state index in [2.05, 4.69) is 61.5 Å². The molecule has 7 nitrogen and oxygen atoms in total. The molecule has 0 spiro atoms. The molecule has 0 fully saturated rings. The van der Waals surface area contributed by atoms with Crippen LogP contribution >= 0.6 is 24.0 Å². The quantitative estimate of drug-likeness (QED) is 0.394. The molecule has 0 N–H and O–H groups in total. The Morgan fingerprint density at radius 2 is 1.30 bits per heavy atom. The van der Waals surface area contributed by atoms with Gasteiger partial charge in [-0.3, -0.25) is 14.3 Å². The first-order valence-electron chi connectivity index (χ1n) is 9.49. The van der Waals surface area contributed by atoms with Gasteiger partial charge in [0.2, 0.25) is 0 Å². The fraction of sp³-hybridized carbons (Fsp3) is 0.238. The van der Waals surface area contributed by atoms with Crippen molar-refractivity contribution in [3.63, 3.8) is 0 Å². The van der Waals surface area contributed by atoms with Crippen LogP contribution in [0.2, 0.25) is 5.02 Å². The summed E-state index contributed by atoms with van der Waals surface area (Å²) >= 11 is 6.15. The first-order chi connectivity index (χ1) is 14.3. The Kier molecular flexibility index (Phi) is 7.96. The van der Waals surface area contributed by atoms with Crippen LogP contribution in [0.15, 0.2) is 79.9 Å². The Morgan fingerprint density at radius 1 is 0.767 bits per heavy atom. The number of aromatic nitrogens is 6. The first kappa shape index (κ1) is 22.0. The molecule has 2 aromatic heterocycles. The lowest BCUT2D eigenvalue weighted by Gasteiger charge is -2.32. The van der Waals surface area contributed by atoms with E-state index < -0.39 is 0 Å². The van der Waals surface area contributed by atoms with E-state index in [1.807, 2.05) is 27.6 Å². The first-order valence-corrected chi connectivity index (χ1v) is 9.87. The SMILES string of the molecule is Cl.Clc1ccc(C(c2ccccc2)N(CCn2cncn2)CCn2cncn2)cc1. The minimum absolute atomic E-state index is 0. The molecule has 0 saturated heterocycles. The molecule has 1 unspecified atom stereocenters. The van der Waals surface area contributed by atoms with Crippen molar-refractivity contribution in [1.29, 1.82) is 0 Å². The Bertz CT molecular complexity index is 936. The fourth-order valence-electron chi connectivity index (χ4n) is 3.42. The predicted octanol–water partition coefficient (Wildman–Crippen LogP) is 3.74. The normalized spacial score (nSPS) is 11.9. The maximum atomic E-state index is 6.15. The molecule has 0 amide bonds. The van der Waals surface area contributed by atoms with Crippen molar-refractivity contribution in [2.75, 3.05) is 13.1 Å². The van der Waals surface area contributed by atoms with Crippen LogP contribution in [-0.2, 0) is 13.1 Å². The highest BCUT2D eigenvalue weighted by Crippen LogP contribution is 2.29. The molecular formula is C21H23Cl2N7. The summed E-state index contributed by atoms with van der Waals surface area (Å²) in [6.07, 6.45) is 6.62. The molecule has 2 aromatic carbocycles. The van der Waals surface area contributed by atoms with Crippen molar-refractivity contribution in [3.8, 4) is 0 Å². The van der Waals surface area contributed by atoms with E-state index in [9.17, 15) is 0 Å². The summed E-state index contributed by atoms with van der Waals surface area (Å²) in [5, 5.41) is 9.23. The third-order valence-corrected chi connectivity index (χ3v) is 5.08. The van der Waals surface area contributed by atoms with Crippen LogP contribution in [0, 0.1) is 0 Å². The molecule has 0 saturated carbocycles. The molecule has 0 radical (unpaired) electrons. The van der Waals surface area contributed by atoms with Crippen molar-refractivity contribution in [1.82, 2.24) is 34.4 Å². The molecule has 156 valence electrons. The zero-order valence-corrected chi connectivity index (χ0v) is 17.9. The van der Waals surface area contributed by atoms with Gasteiger partial charge in [0.1, 0.15) is 25.3 Å². The lowest BCUT2D eigenvalue weighted by atomic mass is 9.97. The summed E-state index contributed by atoms with van der Waals surface area (Å²) < 4.78 is 3.71. The third kappa shape index (κ3) is 5.66. The average Bonchev–Trinajstić information content (AvgIpc) is 3.46. The van der Waals surface area contributed by atoms with Crippen LogP contribution in [0.1, 0.15) is 17.2 Å². The largest absolute Gasteiger partial charge is 0.289 e. The minimum atomic E-state index is 0. The maximum Gasteiger partial charge on any atom is 0.137 e. The number of nitrogens with zero attached hydrogens (tertiary/aromatic N) is 7. The molecule has 9 heteroatoms. The summed E-state index contributed by atoms with van der Waals surface area (Å²) in [4.78, 5) is 10.5. The van der Waals surface area contributed by atoms with E-state index >= 15 is 0 Å². The van der Waals surface area contributed by atoms with Crippen molar-refractivity contribution in [2.24, 2.45) is 0 Å². The second-order valence-electron chi connectivity index (χ2n) is 6.72. The van der Waals surface area contributed by atoms with Gasteiger partial charge in [-0.2, -0.15) is 10.2 Å². The van der Waals surface area contributed by atoms with Crippen LogP contribution in [0.3, 0.4) is 0 Å². The molecule has 0 aliphatic carbocycles. The highest BCUT2D eigenvalue weighted by Gasteiger charge is 2.22. The van der Waals surface area contributed by atoms with Gasteiger partial charge in [0, 0.05) is 18.1 Å². The van der Waals surface area contributed by atoms with Crippen molar-refractivity contribution in [2.45, 2.75) is 19.1 Å². The van der Waals surface area contributed by atoms with Gasteiger partial charge in [0.25, 0.3) is 0 Å². The van der Waals surface area contributed by atoms with Crippen molar-refractivity contribution in [3.05, 3.63) is 96.1 Å². The molecule has 2 heterocycles. The molecule has 4 rings (SSSR count).